The van der Waals surface area contributed by atoms with Gasteiger partial charge in [0.2, 0.25) is 0 Å². The smallest absolute Gasteiger partial charge is 0.331 e. The van der Waals surface area contributed by atoms with E-state index < -0.39 is 88.7 Å². The molecule has 0 aromatic heterocycles. The van der Waals surface area contributed by atoms with Crippen molar-refractivity contribution in [2.24, 2.45) is 28.6 Å². The molecule has 6 fully saturated rings. The van der Waals surface area contributed by atoms with Crippen molar-refractivity contribution >= 4 is 11.8 Å². The Kier molecular flexibility index (Phi) is 6.07. The van der Waals surface area contributed by atoms with E-state index in [-0.39, 0.29) is 37.9 Å². The molecule has 1 spiro atoms. The second-order valence-electron chi connectivity index (χ2n) is 13.9. The number of epoxide rings is 1. The monoisotopic (exact) mass is 580 g/mol. The summed E-state index contributed by atoms with van der Waals surface area (Å²) in [5.41, 5.74) is -4.85. The molecule has 4 aliphatic carbocycles. The zero-order chi connectivity index (χ0) is 29.3. The minimum absolute atomic E-state index is 0.0288. The molecule has 2 unspecified atom stereocenters. The number of Topliss-reactive ketones (excluding diaryl/α,β-unsaturated/α-hetero) is 1. The summed E-state index contributed by atoms with van der Waals surface area (Å²) >= 11 is 0. The number of esters is 1. The molecule has 3 aliphatic heterocycles. The van der Waals surface area contributed by atoms with Crippen molar-refractivity contribution in [3.63, 3.8) is 0 Å². The standard InChI is InChI=1S/C29H40O12/c1-25-5-3-15(39-20-9-17(31)21(33)18(11-30)40-20)8-14(25)10-28(37)29(41-28)23(25)22(34)24(35)26(2)16(4-6-27(26,29)36)13-7-19(32)38-12-13/h7,14-18,20-23,30-31,33-34,36-37H,3-6,8-12H2,1-2H3/t14-,15?,16+,17-,18+,20+,21-,22+,23?,25-,26-,27+,28-,29-/m0/s1. The zero-order valence-electron chi connectivity index (χ0n) is 23.3. The maximum atomic E-state index is 14.2. The molecular weight excluding hydrogens is 540 g/mol. The van der Waals surface area contributed by atoms with E-state index in [0.29, 0.717) is 31.3 Å². The number of carbonyl (C=O) groups is 2. The SMILES string of the molecule is C[C@]12CCC(O[C@H]3C[C@H](O)[C@H](O)[C@@H](CO)O3)C[C@H]1C[C@]1(O)O[C@]13C2[C@@H](O)C(=O)[C@]1(C)[C@@H](C2=CC(=O)OC2)CC[C@]31O. The summed E-state index contributed by atoms with van der Waals surface area (Å²) < 4.78 is 23.2. The lowest BCUT2D eigenvalue weighted by molar-refractivity contribution is -0.280. The molecule has 3 heterocycles. The van der Waals surface area contributed by atoms with Gasteiger partial charge in [-0.05, 0) is 61.9 Å². The van der Waals surface area contributed by atoms with Gasteiger partial charge in [-0.25, -0.2) is 4.79 Å². The third kappa shape index (κ3) is 3.37. The maximum Gasteiger partial charge on any atom is 0.331 e. The van der Waals surface area contributed by atoms with Crippen molar-refractivity contribution in [2.75, 3.05) is 13.2 Å². The maximum absolute atomic E-state index is 14.2. The second kappa shape index (κ2) is 8.80. The number of aliphatic hydroxyl groups is 6. The van der Waals surface area contributed by atoms with Crippen molar-refractivity contribution in [3.8, 4) is 0 Å². The highest BCUT2D eigenvalue weighted by Crippen LogP contribution is 2.79. The molecule has 2 saturated heterocycles. The number of fused-ring (bicyclic) bond motifs is 3. The Balaban J connectivity index is 1.17. The van der Waals surface area contributed by atoms with E-state index in [9.17, 15) is 40.2 Å². The van der Waals surface area contributed by atoms with Crippen molar-refractivity contribution < 1.29 is 59.2 Å². The van der Waals surface area contributed by atoms with E-state index in [1.165, 1.54) is 6.08 Å². The molecule has 41 heavy (non-hydrogen) atoms. The van der Waals surface area contributed by atoms with E-state index in [1.807, 2.05) is 6.92 Å². The van der Waals surface area contributed by atoms with Gasteiger partial charge < -0.3 is 49.6 Å². The first-order valence-corrected chi connectivity index (χ1v) is 14.8. The van der Waals surface area contributed by atoms with Gasteiger partial charge in [0.1, 0.15) is 30.5 Å². The van der Waals surface area contributed by atoms with Crippen LogP contribution >= 0.6 is 0 Å². The number of ketones is 1. The highest BCUT2D eigenvalue weighted by Gasteiger charge is 2.94. The van der Waals surface area contributed by atoms with E-state index in [0.717, 1.165) is 0 Å². The van der Waals surface area contributed by atoms with Crippen LogP contribution in [0, 0.1) is 28.6 Å². The summed E-state index contributed by atoms with van der Waals surface area (Å²) in [5, 5.41) is 65.9. The van der Waals surface area contributed by atoms with Crippen molar-refractivity contribution in [2.45, 2.75) is 113 Å². The first kappa shape index (κ1) is 28.3. The van der Waals surface area contributed by atoms with Gasteiger partial charge in [-0.3, -0.25) is 4.79 Å². The average molecular weight is 581 g/mol. The molecule has 6 N–H and O–H groups in total. The lowest BCUT2D eigenvalue weighted by Gasteiger charge is -2.63. The van der Waals surface area contributed by atoms with Crippen LogP contribution in [0.4, 0.5) is 0 Å². The van der Waals surface area contributed by atoms with Gasteiger partial charge in [-0.1, -0.05) is 6.92 Å². The summed E-state index contributed by atoms with van der Waals surface area (Å²) in [6, 6.07) is 0. The highest BCUT2D eigenvalue weighted by atomic mass is 16.8. The number of aliphatic hydroxyl groups excluding tert-OH is 4. The Labute approximate surface area is 237 Å². The fourth-order valence-corrected chi connectivity index (χ4v) is 10.1. The van der Waals surface area contributed by atoms with Crippen LogP contribution in [0.3, 0.4) is 0 Å². The molecule has 4 saturated carbocycles. The third-order valence-corrected chi connectivity index (χ3v) is 12.3. The van der Waals surface area contributed by atoms with Gasteiger partial charge >= 0.3 is 5.97 Å². The molecule has 12 heteroatoms. The lowest BCUT2D eigenvalue weighted by atomic mass is 9.41. The molecule has 228 valence electrons. The number of hydrogen-bond donors (Lipinski definition) is 6. The van der Waals surface area contributed by atoms with Crippen LogP contribution in [0.1, 0.15) is 58.8 Å². The first-order chi connectivity index (χ1) is 19.3. The lowest BCUT2D eigenvalue weighted by Crippen LogP contribution is -2.77. The number of ether oxygens (including phenoxy) is 4. The minimum Gasteiger partial charge on any atom is -0.458 e. The van der Waals surface area contributed by atoms with E-state index in [4.69, 9.17) is 18.9 Å². The Hall–Kier alpha value is -1.48. The number of hydrogen-bond acceptors (Lipinski definition) is 12. The molecule has 14 atom stereocenters. The number of cyclic esters (lactones) is 1. The molecule has 7 aliphatic rings. The molecule has 0 amide bonds. The Bertz CT molecular complexity index is 1190. The third-order valence-electron chi connectivity index (χ3n) is 12.3. The molecule has 0 radical (unpaired) electrons. The fraction of sp³-hybridized carbons (Fsp3) is 0.862. The molecular formula is C29H40O12. The van der Waals surface area contributed by atoms with E-state index in [1.54, 1.807) is 6.92 Å². The minimum atomic E-state index is -1.76. The van der Waals surface area contributed by atoms with Gasteiger partial charge in [0.25, 0.3) is 0 Å². The summed E-state index contributed by atoms with van der Waals surface area (Å²) in [6.45, 7) is 3.18. The van der Waals surface area contributed by atoms with Crippen LogP contribution < -0.4 is 0 Å². The summed E-state index contributed by atoms with van der Waals surface area (Å²) in [7, 11) is 0. The fourth-order valence-electron chi connectivity index (χ4n) is 10.1. The van der Waals surface area contributed by atoms with E-state index in [2.05, 4.69) is 0 Å². The average Bonchev–Trinajstić information content (AvgIpc) is 3.16. The summed E-state index contributed by atoms with van der Waals surface area (Å²) in [6.07, 6.45) is -2.29. The normalized spacial score (nSPS) is 57.7. The van der Waals surface area contributed by atoms with Gasteiger partial charge in [0.15, 0.2) is 23.5 Å². The van der Waals surface area contributed by atoms with Gasteiger partial charge in [0.05, 0.1) is 24.2 Å². The van der Waals surface area contributed by atoms with Crippen molar-refractivity contribution in [3.05, 3.63) is 11.6 Å². The number of carbonyl (C=O) groups excluding carboxylic acids is 2. The van der Waals surface area contributed by atoms with Crippen LogP contribution in [0.15, 0.2) is 11.6 Å². The zero-order valence-corrected chi connectivity index (χ0v) is 23.3. The summed E-state index contributed by atoms with van der Waals surface area (Å²) in [4.78, 5) is 26.0. The second-order valence-corrected chi connectivity index (χ2v) is 13.9. The Morgan fingerprint density at radius 2 is 1.83 bits per heavy atom. The van der Waals surface area contributed by atoms with Crippen LogP contribution in [0.2, 0.25) is 0 Å². The van der Waals surface area contributed by atoms with Gasteiger partial charge in [0, 0.05) is 24.8 Å². The van der Waals surface area contributed by atoms with Crippen molar-refractivity contribution in [1.29, 1.82) is 0 Å². The van der Waals surface area contributed by atoms with Crippen LogP contribution in [0.25, 0.3) is 0 Å². The van der Waals surface area contributed by atoms with Crippen molar-refractivity contribution in [1.82, 2.24) is 0 Å². The predicted molar refractivity (Wildman–Crippen MR) is 135 cm³/mol. The van der Waals surface area contributed by atoms with Gasteiger partial charge in [-0.15, -0.1) is 0 Å². The molecule has 7 rings (SSSR count). The Morgan fingerprint density at radius 3 is 2.51 bits per heavy atom. The molecule has 0 bridgehead atoms. The molecule has 12 nitrogen and oxygen atoms in total. The quantitative estimate of drug-likeness (QED) is 0.136. The predicted octanol–water partition coefficient (Wildman–Crippen LogP) is -0.941. The molecule has 0 aromatic rings. The molecule has 0 aromatic carbocycles. The number of rotatable bonds is 4. The van der Waals surface area contributed by atoms with Crippen LogP contribution in [-0.4, -0.2) is 109 Å². The topological polar surface area (TPSA) is 196 Å². The first-order valence-electron chi connectivity index (χ1n) is 14.8. The van der Waals surface area contributed by atoms with E-state index >= 15 is 0 Å². The Morgan fingerprint density at radius 1 is 1.07 bits per heavy atom. The highest BCUT2D eigenvalue weighted by molar-refractivity contribution is 5.94. The van der Waals surface area contributed by atoms with Crippen LogP contribution in [-0.2, 0) is 28.5 Å². The van der Waals surface area contributed by atoms with Gasteiger partial charge in [-0.2, -0.15) is 0 Å². The largest absolute Gasteiger partial charge is 0.458 e. The summed E-state index contributed by atoms with van der Waals surface area (Å²) in [5.74, 6) is -4.38. The van der Waals surface area contributed by atoms with Crippen LogP contribution in [0.5, 0.6) is 0 Å².